The quantitative estimate of drug-likeness (QED) is 0.135. The van der Waals surface area contributed by atoms with Crippen LogP contribution < -0.4 is 4.74 Å². The number of allylic oxidation sites excluding steroid dienone is 3. The molecule has 2 saturated carbocycles. The molecule has 0 N–H and O–H groups in total. The van der Waals surface area contributed by atoms with E-state index in [9.17, 15) is 30.7 Å². The number of unbranched alkanes of at least 4 members (excludes halogenated alkanes) is 2. The standard InChI is InChI=1S/C34H39F7O2/c1-2-3-4-5-6-23-11-17-28(18-12-23)33(37,38)42-29-19-13-25(14-20-29)8-7-24-9-15-26(16-10-24)27-21-30(35)32(31(36)22-27)43-34(39,40)41/h2,7-8,11-12,17-18,21-22,24-26,29H,1,3-6,9-10,13-16,19-20H2/b8-7+. The predicted octanol–water partition coefficient (Wildman–Crippen LogP) is 10.9. The van der Waals surface area contributed by atoms with E-state index in [1.54, 1.807) is 12.1 Å². The highest BCUT2D eigenvalue weighted by Crippen LogP contribution is 2.40. The second-order valence-electron chi connectivity index (χ2n) is 11.8. The van der Waals surface area contributed by atoms with Crippen LogP contribution in [0.5, 0.6) is 5.75 Å². The maximum Gasteiger partial charge on any atom is 0.573 e. The summed E-state index contributed by atoms with van der Waals surface area (Å²) in [6, 6.07) is 8.26. The lowest BCUT2D eigenvalue weighted by Crippen LogP contribution is -2.29. The molecule has 0 aliphatic heterocycles. The minimum atomic E-state index is -5.18. The second-order valence-corrected chi connectivity index (χ2v) is 11.8. The van der Waals surface area contributed by atoms with Gasteiger partial charge in [0.15, 0.2) is 11.6 Å². The molecule has 4 rings (SSSR count). The normalized spacial score (nSPS) is 23.4. The van der Waals surface area contributed by atoms with Gasteiger partial charge in [-0.05, 0) is 118 Å². The Morgan fingerprint density at radius 1 is 0.767 bits per heavy atom. The number of hydrogen-bond acceptors (Lipinski definition) is 2. The van der Waals surface area contributed by atoms with Crippen LogP contribution in [-0.4, -0.2) is 12.5 Å². The molecule has 0 aromatic heterocycles. The number of ether oxygens (including phenoxy) is 2. The van der Waals surface area contributed by atoms with Crippen LogP contribution in [0, 0.1) is 23.5 Å². The Bertz CT molecular complexity index is 1180. The summed E-state index contributed by atoms with van der Waals surface area (Å²) < 4.78 is 104. The molecule has 0 heterocycles. The smallest absolute Gasteiger partial charge is 0.399 e. The average Bonchev–Trinajstić information content (AvgIpc) is 2.97. The fourth-order valence-electron chi connectivity index (χ4n) is 6.15. The molecule has 2 fully saturated rings. The van der Waals surface area contributed by atoms with E-state index < -0.39 is 36.0 Å². The average molecular weight is 613 g/mol. The fourth-order valence-corrected chi connectivity index (χ4v) is 6.15. The highest BCUT2D eigenvalue weighted by atomic mass is 19.4. The van der Waals surface area contributed by atoms with Gasteiger partial charge in [-0.2, -0.15) is 8.78 Å². The van der Waals surface area contributed by atoms with Crippen LogP contribution in [0.25, 0.3) is 0 Å². The van der Waals surface area contributed by atoms with E-state index in [2.05, 4.69) is 23.5 Å². The molecule has 2 nitrogen and oxygen atoms in total. The summed E-state index contributed by atoms with van der Waals surface area (Å²) >= 11 is 0. The monoisotopic (exact) mass is 612 g/mol. The van der Waals surface area contributed by atoms with Crippen molar-refractivity contribution in [3.8, 4) is 5.75 Å². The van der Waals surface area contributed by atoms with Crippen LogP contribution in [-0.2, 0) is 17.3 Å². The molecule has 2 aromatic rings. The van der Waals surface area contributed by atoms with Crippen molar-refractivity contribution < 1.29 is 40.2 Å². The zero-order chi connectivity index (χ0) is 31.0. The van der Waals surface area contributed by atoms with Gasteiger partial charge in [0, 0.05) is 0 Å². The topological polar surface area (TPSA) is 18.5 Å². The lowest BCUT2D eigenvalue weighted by Gasteiger charge is -2.31. The molecule has 2 aromatic carbocycles. The highest BCUT2D eigenvalue weighted by molar-refractivity contribution is 5.33. The Morgan fingerprint density at radius 3 is 1.86 bits per heavy atom. The molecular formula is C34H39F7O2. The number of rotatable bonds is 12. The summed E-state index contributed by atoms with van der Waals surface area (Å²) in [4.78, 5) is 0. The summed E-state index contributed by atoms with van der Waals surface area (Å²) in [5.41, 5.74) is 1.23. The third kappa shape index (κ3) is 9.85. The van der Waals surface area contributed by atoms with Gasteiger partial charge < -0.3 is 9.47 Å². The van der Waals surface area contributed by atoms with Crippen molar-refractivity contribution in [2.45, 2.75) is 102 Å². The second kappa shape index (κ2) is 14.8. The van der Waals surface area contributed by atoms with Crippen molar-refractivity contribution in [1.29, 1.82) is 0 Å². The van der Waals surface area contributed by atoms with Gasteiger partial charge in [0.1, 0.15) is 0 Å². The Labute approximate surface area is 249 Å². The van der Waals surface area contributed by atoms with Gasteiger partial charge in [-0.25, -0.2) is 8.78 Å². The Balaban J connectivity index is 1.20. The molecular weight excluding hydrogens is 573 g/mol. The molecule has 2 aliphatic carbocycles. The van der Waals surface area contributed by atoms with Crippen molar-refractivity contribution in [2.75, 3.05) is 0 Å². The van der Waals surface area contributed by atoms with Crippen molar-refractivity contribution in [2.24, 2.45) is 11.8 Å². The lowest BCUT2D eigenvalue weighted by molar-refractivity contribution is -0.278. The minimum absolute atomic E-state index is 0.129. The zero-order valence-electron chi connectivity index (χ0n) is 24.2. The van der Waals surface area contributed by atoms with Crippen LogP contribution in [0.2, 0.25) is 0 Å². The molecule has 236 valence electrons. The van der Waals surface area contributed by atoms with Gasteiger partial charge in [0.25, 0.3) is 0 Å². The van der Waals surface area contributed by atoms with E-state index in [4.69, 9.17) is 4.74 Å². The first-order chi connectivity index (χ1) is 20.4. The highest BCUT2D eigenvalue weighted by Gasteiger charge is 2.37. The Kier molecular flexibility index (Phi) is 11.4. The first-order valence-corrected chi connectivity index (χ1v) is 15.1. The summed E-state index contributed by atoms with van der Waals surface area (Å²) in [6.07, 6.45) is 6.41. The van der Waals surface area contributed by atoms with Crippen molar-refractivity contribution >= 4 is 0 Å². The van der Waals surface area contributed by atoms with Crippen molar-refractivity contribution in [1.82, 2.24) is 0 Å². The lowest BCUT2D eigenvalue weighted by atomic mass is 9.78. The van der Waals surface area contributed by atoms with Gasteiger partial charge in [0.05, 0.1) is 11.7 Å². The Morgan fingerprint density at radius 2 is 1.33 bits per heavy atom. The van der Waals surface area contributed by atoms with Gasteiger partial charge in [-0.3, -0.25) is 0 Å². The van der Waals surface area contributed by atoms with E-state index >= 15 is 0 Å². The number of hydrogen-bond donors (Lipinski definition) is 0. The van der Waals surface area contributed by atoms with E-state index in [1.807, 2.05) is 6.08 Å². The van der Waals surface area contributed by atoms with Crippen LogP contribution in [0.15, 0.2) is 61.2 Å². The predicted molar refractivity (Wildman–Crippen MR) is 152 cm³/mol. The molecule has 0 spiro atoms. The maximum atomic E-state index is 14.9. The van der Waals surface area contributed by atoms with E-state index in [0.29, 0.717) is 31.2 Å². The molecule has 0 amide bonds. The summed E-state index contributed by atoms with van der Waals surface area (Å²) in [7, 11) is 0. The van der Waals surface area contributed by atoms with Crippen LogP contribution in [0.1, 0.15) is 93.2 Å². The number of aryl methyl sites for hydroxylation is 1. The minimum Gasteiger partial charge on any atom is -0.399 e. The van der Waals surface area contributed by atoms with Gasteiger partial charge >= 0.3 is 12.5 Å². The molecule has 0 saturated heterocycles. The van der Waals surface area contributed by atoms with E-state index in [-0.39, 0.29) is 23.3 Å². The largest absolute Gasteiger partial charge is 0.573 e. The zero-order valence-corrected chi connectivity index (χ0v) is 24.2. The molecule has 0 atom stereocenters. The number of alkyl halides is 5. The maximum absolute atomic E-state index is 14.9. The Hall–Kier alpha value is -2.81. The third-order valence-corrected chi connectivity index (χ3v) is 8.58. The van der Waals surface area contributed by atoms with E-state index in [0.717, 1.165) is 69.1 Å². The van der Waals surface area contributed by atoms with Gasteiger partial charge in [-0.15, -0.1) is 19.8 Å². The molecule has 9 heteroatoms. The molecule has 0 unspecified atom stereocenters. The third-order valence-electron chi connectivity index (χ3n) is 8.58. The summed E-state index contributed by atoms with van der Waals surface area (Å²) in [5, 5.41) is 0. The number of halogens is 7. The van der Waals surface area contributed by atoms with Gasteiger partial charge in [0.2, 0.25) is 5.75 Å². The molecule has 43 heavy (non-hydrogen) atoms. The van der Waals surface area contributed by atoms with Crippen LogP contribution >= 0.6 is 0 Å². The van der Waals surface area contributed by atoms with Crippen molar-refractivity contribution in [3.63, 3.8) is 0 Å². The summed E-state index contributed by atoms with van der Waals surface area (Å²) in [5.74, 6) is -3.76. The van der Waals surface area contributed by atoms with E-state index in [1.165, 1.54) is 12.1 Å². The fraction of sp³-hybridized carbons (Fsp3) is 0.529. The first-order valence-electron chi connectivity index (χ1n) is 15.1. The van der Waals surface area contributed by atoms with Crippen molar-refractivity contribution in [3.05, 3.63) is 89.5 Å². The SMILES string of the molecule is C=CCCCCc1ccc(C(F)(F)OC2CCC(/C=C/C3CCC(c4cc(F)c(OC(F)(F)F)c(F)c4)CC3)CC2)cc1. The number of benzene rings is 2. The molecule has 2 aliphatic rings. The first kappa shape index (κ1) is 33.1. The van der Waals surface area contributed by atoms with Crippen LogP contribution in [0.3, 0.4) is 0 Å². The molecule has 0 radical (unpaired) electrons. The van der Waals surface area contributed by atoms with Gasteiger partial charge in [-0.1, -0.05) is 42.5 Å². The van der Waals surface area contributed by atoms with Crippen LogP contribution in [0.4, 0.5) is 30.7 Å². The molecule has 0 bridgehead atoms. The summed E-state index contributed by atoms with van der Waals surface area (Å²) in [6.45, 7) is 3.71.